The maximum absolute atomic E-state index is 9.51. The van der Waals surface area contributed by atoms with Gasteiger partial charge >= 0.3 is 0 Å². The average Bonchev–Trinajstić information content (AvgIpc) is 2.34. The van der Waals surface area contributed by atoms with Crippen molar-refractivity contribution in [2.45, 2.75) is 6.54 Å². The summed E-state index contributed by atoms with van der Waals surface area (Å²) in [5.74, 6) is 0.830. The number of hydrogen-bond donors (Lipinski definition) is 3. The zero-order chi connectivity index (χ0) is 13.1. The van der Waals surface area contributed by atoms with Crippen molar-refractivity contribution in [2.75, 3.05) is 11.1 Å². The van der Waals surface area contributed by atoms with Crippen molar-refractivity contribution in [3.63, 3.8) is 0 Å². The summed E-state index contributed by atoms with van der Waals surface area (Å²) in [5, 5.41) is 12.7. The van der Waals surface area contributed by atoms with E-state index in [0.717, 1.165) is 20.5 Å². The van der Waals surface area contributed by atoms with Crippen molar-refractivity contribution in [2.24, 2.45) is 0 Å². The Hall–Kier alpha value is -1.27. The van der Waals surface area contributed by atoms with Gasteiger partial charge in [-0.3, -0.25) is 0 Å². The average molecular weight is 373 g/mol. The Morgan fingerprint density at radius 2 is 2.00 bits per heavy atom. The molecule has 0 spiro atoms. The fourth-order valence-corrected chi connectivity index (χ4v) is 2.10. The maximum Gasteiger partial charge on any atom is 0.141 e. The molecule has 2 rings (SSSR count). The highest BCUT2D eigenvalue weighted by Gasteiger charge is 2.03. The second-order valence-corrected chi connectivity index (χ2v) is 5.38. The van der Waals surface area contributed by atoms with Crippen LogP contribution in [0.15, 0.2) is 39.4 Å². The Balaban J connectivity index is 2.11. The molecule has 2 aromatic rings. The monoisotopic (exact) mass is 371 g/mol. The quantitative estimate of drug-likeness (QED) is 0.438. The normalized spacial score (nSPS) is 10.3. The lowest BCUT2D eigenvalue weighted by atomic mass is 10.2. The summed E-state index contributed by atoms with van der Waals surface area (Å²) < 4.78 is 1.64. The van der Waals surface area contributed by atoms with E-state index in [0.29, 0.717) is 12.2 Å². The molecule has 1 heterocycles. The molecule has 0 saturated heterocycles. The molecule has 18 heavy (non-hydrogen) atoms. The lowest BCUT2D eigenvalue weighted by Crippen LogP contribution is -2.02. The fourth-order valence-electron chi connectivity index (χ4n) is 1.43. The molecule has 0 saturated carbocycles. The number of benzene rings is 1. The third kappa shape index (κ3) is 3.14. The molecule has 0 bridgehead atoms. The number of nitrogen functional groups attached to an aromatic ring is 1. The first-order valence-corrected chi connectivity index (χ1v) is 6.78. The number of anilines is 2. The van der Waals surface area contributed by atoms with Crippen molar-refractivity contribution in [3.8, 4) is 5.75 Å². The first-order chi connectivity index (χ1) is 8.56. The Morgan fingerprint density at radius 1 is 1.22 bits per heavy atom. The highest BCUT2D eigenvalue weighted by Crippen LogP contribution is 2.24. The summed E-state index contributed by atoms with van der Waals surface area (Å²) in [6.45, 7) is 0.551. The molecule has 0 aliphatic rings. The van der Waals surface area contributed by atoms with Gasteiger partial charge in [0.15, 0.2) is 0 Å². The van der Waals surface area contributed by atoms with Crippen LogP contribution in [0.2, 0.25) is 0 Å². The van der Waals surface area contributed by atoms with Crippen LogP contribution in [-0.4, -0.2) is 10.1 Å². The van der Waals surface area contributed by atoms with Gasteiger partial charge in [-0.05, 0) is 61.7 Å². The van der Waals surface area contributed by atoms with Crippen molar-refractivity contribution in [1.29, 1.82) is 0 Å². The predicted molar refractivity (Wildman–Crippen MR) is 79.5 cm³/mol. The first kappa shape index (κ1) is 13.2. The van der Waals surface area contributed by atoms with Crippen molar-refractivity contribution < 1.29 is 5.11 Å². The van der Waals surface area contributed by atoms with Crippen LogP contribution in [0, 0.1) is 0 Å². The number of halogens is 2. The van der Waals surface area contributed by atoms with Gasteiger partial charge in [-0.15, -0.1) is 0 Å². The standard InChI is InChI=1S/C12H11Br2N3O/c13-8-2-4-11(14)17-12(8)16-6-7-1-3-9(15)10(18)5-7/h1-5,18H,6,15H2,(H,16,17). The molecule has 4 N–H and O–H groups in total. The number of nitrogens with one attached hydrogen (secondary N) is 1. The van der Waals surface area contributed by atoms with Gasteiger partial charge in [-0.1, -0.05) is 6.07 Å². The zero-order valence-electron chi connectivity index (χ0n) is 9.32. The van der Waals surface area contributed by atoms with Crippen LogP contribution >= 0.6 is 31.9 Å². The molecule has 0 aliphatic carbocycles. The Labute approximate surface area is 121 Å². The third-order valence-corrected chi connectivity index (χ3v) is 3.45. The van der Waals surface area contributed by atoms with E-state index in [2.05, 4.69) is 42.2 Å². The molecule has 0 atom stereocenters. The van der Waals surface area contributed by atoms with Crippen LogP contribution in [0.1, 0.15) is 5.56 Å². The Kier molecular flexibility index (Phi) is 4.08. The molecule has 0 fully saturated rings. The lowest BCUT2D eigenvalue weighted by Gasteiger charge is -2.09. The van der Waals surface area contributed by atoms with Crippen molar-refractivity contribution in [3.05, 3.63) is 45.0 Å². The summed E-state index contributed by atoms with van der Waals surface area (Å²) in [4.78, 5) is 4.30. The Morgan fingerprint density at radius 3 is 2.72 bits per heavy atom. The van der Waals surface area contributed by atoms with E-state index < -0.39 is 0 Å². The van der Waals surface area contributed by atoms with Gasteiger partial charge in [-0.25, -0.2) is 4.98 Å². The molecule has 0 aliphatic heterocycles. The third-order valence-electron chi connectivity index (χ3n) is 2.37. The van der Waals surface area contributed by atoms with Gasteiger partial charge in [0.25, 0.3) is 0 Å². The number of aromatic hydroxyl groups is 1. The first-order valence-electron chi connectivity index (χ1n) is 5.19. The van der Waals surface area contributed by atoms with E-state index in [1.54, 1.807) is 12.1 Å². The van der Waals surface area contributed by atoms with Gasteiger partial charge in [0.05, 0.1) is 10.2 Å². The fraction of sp³-hybridized carbons (Fsp3) is 0.0833. The molecule has 94 valence electrons. The van der Waals surface area contributed by atoms with E-state index in [4.69, 9.17) is 5.73 Å². The maximum atomic E-state index is 9.51. The van der Waals surface area contributed by atoms with Gasteiger partial charge in [0.1, 0.15) is 16.2 Å². The highest BCUT2D eigenvalue weighted by atomic mass is 79.9. The number of phenols is 1. The van der Waals surface area contributed by atoms with Crippen LogP contribution < -0.4 is 11.1 Å². The Bertz CT molecular complexity index is 575. The number of hydrogen-bond acceptors (Lipinski definition) is 4. The number of rotatable bonds is 3. The molecule has 6 heteroatoms. The summed E-state index contributed by atoms with van der Waals surface area (Å²) in [6.07, 6.45) is 0. The molecule has 4 nitrogen and oxygen atoms in total. The number of aromatic nitrogens is 1. The second kappa shape index (κ2) is 5.58. The van der Waals surface area contributed by atoms with Crippen LogP contribution in [-0.2, 0) is 6.54 Å². The highest BCUT2D eigenvalue weighted by molar-refractivity contribution is 9.11. The lowest BCUT2D eigenvalue weighted by molar-refractivity contribution is 0.477. The molecular weight excluding hydrogens is 362 g/mol. The minimum atomic E-state index is 0.0931. The van der Waals surface area contributed by atoms with E-state index in [9.17, 15) is 5.11 Å². The second-order valence-electron chi connectivity index (χ2n) is 3.71. The molecule has 1 aromatic heterocycles. The van der Waals surface area contributed by atoms with Gasteiger partial charge in [0.2, 0.25) is 0 Å². The van der Waals surface area contributed by atoms with E-state index in [-0.39, 0.29) is 5.75 Å². The number of phenolic OH excluding ortho intramolecular Hbond substituents is 1. The summed E-state index contributed by atoms with van der Waals surface area (Å²) in [6, 6.07) is 8.92. The smallest absolute Gasteiger partial charge is 0.141 e. The minimum absolute atomic E-state index is 0.0931. The number of nitrogens with zero attached hydrogens (tertiary/aromatic N) is 1. The summed E-state index contributed by atoms with van der Waals surface area (Å²) in [5.41, 5.74) is 6.85. The number of pyridine rings is 1. The molecular formula is C12H11Br2N3O. The van der Waals surface area contributed by atoms with E-state index in [1.807, 2.05) is 18.2 Å². The van der Waals surface area contributed by atoms with Gasteiger partial charge < -0.3 is 16.2 Å². The predicted octanol–water partition coefficient (Wildman–Crippen LogP) is 3.51. The zero-order valence-corrected chi connectivity index (χ0v) is 12.5. The largest absolute Gasteiger partial charge is 0.506 e. The minimum Gasteiger partial charge on any atom is -0.506 e. The van der Waals surface area contributed by atoms with E-state index >= 15 is 0 Å². The molecule has 0 radical (unpaired) electrons. The van der Waals surface area contributed by atoms with Crippen molar-refractivity contribution >= 4 is 43.4 Å². The van der Waals surface area contributed by atoms with Crippen LogP contribution in [0.4, 0.5) is 11.5 Å². The topological polar surface area (TPSA) is 71.2 Å². The molecule has 0 amide bonds. The van der Waals surface area contributed by atoms with Crippen LogP contribution in [0.5, 0.6) is 5.75 Å². The van der Waals surface area contributed by atoms with Gasteiger partial charge in [-0.2, -0.15) is 0 Å². The summed E-state index contributed by atoms with van der Waals surface area (Å²) >= 11 is 6.73. The van der Waals surface area contributed by atoms with Gasteiger partial charge in [0, 0.05) is 6.54 Å². The number of nitrogens with two attached hydrogens (primary N) is 1. The molecule has 1 aromatic carbocycles. The van der Waals surface area contributed by atoms with Crippen LogP contribution in [0.25, 0.3) is 0 Å². The van der Waals surface area contributed by atoms with E-state index in [1.165, 1.54) is 0 Å². The van der Waals surface area contributed by atoms with Crippen molar-refractivity contribution in [1.82, 2.24) is 4.98 Å². The molecule has 0 unspecified atom stereocenters. The SMILES string of the molecule is Nc1ccc(CNc2nc(Br)ccc2Br)cc1O. The van der Waals surface area contributed by atoms with Crippen LogP contribution in [0.3, 0.4) is 0 Å². The summed E-state index contributed by atoms with van der Waals surface area (Å²) in [7, 11) is 0.